The molecule has 0 radical (unpaired) electrons. The lowest BCUT2D eigenvalue weighted by Gasteiger charge is -2.31. The number of hydrogen-bond donors (Lipinski definition) is 1. The molecular formula is C16H17FN2O3S. The molecule has 0 spiro atoms. The summed E-state index contributed by atoms with van der Waals surface area (Å²) in [5.74, 6) is -1.18. The zero-order chi connectivity index (χ0) is 16.2. The molecule has 1 aromatic heterocycles. The number of aromatic carboxylic acids is 1. The van der Waals surface area contributed by atoms with Gasteiger partial charge in [0.1, 0.15) is 10.7 Å². The van der Waals surface area contributed by atoms with Gasteiger partial charge < -0.3 is 14.7 Å². The molecule has 0 saturated carbocycles. The van der Waals surface area contributed by atoms with Crippen molar-refractivity contribution in [3.05, 3.63) is 46.7 Å². The summed E-state index contributed by atoms with van der Waals surface area (Å²) in [6, 6.07) is 6.33. The monoisotopic (exact) mass is 336 g/mol. The maximum Gasteiger partial charge on any atom is 0.347 e. The van der Waals surface area contributed by atoms with Gasteiger partial charge in [0.25, 0.3) is 0 Å². The fourth-order valence-corrected chi connectivity index (χ4v) is 3.32. The zero-order valence-corrected chi connectivity index (χ0v) is 13.3. The van der Waals surface area contributed by atoms with Gasteiger partial charge in [-0.15, -0.1) is 0 Å². The van der Waals surface area contributed by atoms with Gasteiger partial charge in [0.2, 0.25) is 0 Å². The first-order valence-corrected chi connectivity index (χ1v) is 8.23. The maximum absolute atomic E-state index is 12.8. The van der Waals surface area contributed by atoms with Crippen LogP contribution in [0.2, 0.25) is 0 Å². The van der Waals surface area contributed by atoms with Crippen LogP contribution >= 0.6 is 11.3 Å². The number of anilines is 1. The lowest BCUT2D eigenvalue weighted by atomic mass is 10.1. The van der Waals surface area contributed by atoms with Crippen molar-refractivity contribution in [2.75, 3.05) is 18.0 Å². The van der Waals surface area contributed by atoms with E-state index in [1.54, 1.807) is 12.1 Å². The molecule has 1 aromatic carbocycles. The molecule has 1 aliphatic heterocycles. The summed E-state index contributed by atoms with van der Waals surface area (Å²) in [5, 5.41) is 9.69. The second-order valence-corrected chi connectivity index (χ2v) is 6.45. The van der Waals surface area contributed by atoms with Crippen molar-refractivity contribution < 1.29 is 19.0 Å². The number of halogens is 1. The van der Waals surface area contributed by atoms with Crippen LogP contribution in [0.5, 0.6) is 0 Å². The average molecular weight is 336 g/mol. The number of carboxylic acid groups (broad SMARTS) is 1. The largest absolute Gasteiger partial charge is 0.477 e. The van der Waals surface area contributed by atoms with Crippen LogP contribution in [0, 0.1) is 5.82 Å². The van der Waals surface area contributed by atoms with Crippen molar-refractivity contribution in [2.24, 2.45) is 0 Å². The Morgan fingerprint density at radius 3 is 2.65 bits per heavy atom. The van der Waals surface area contributed by atoms with Crippen molar-refractivity contribution in [2.45, 2.75) is 25.6 Å². The first-order valence-electron chi connectivity index (χ1n) is 7.42. The van der Waals surface area contributed by atoms with Crippen LogP contribution < -0.4 is 4.90 Å². The third-order valence-corrected chi connectivity index (χ3v) is 4.86. The van der Waals surface area contributed by atoms with E-state index in [0.717, 1.165) is 36.6 Å². The molecule has 0 bridgehead atoms. The lowest BCUT2D eigenvalue weighted by molar-refractivity contribution is 0.0251. The van der Waals surface area contributed by atoms with E-state index in [4.69, 9.17) is 9.84 Å². The molecule has 3 rings (SSSR count). The Hall–Kier alpha value is -1.99. The molecule has 1 saturated heterocycles. The summed E-state index contributed by atoms with van der Waals surface area (Å²) in [6.07, 6.45) is 3.29. The SMILES string of the molecule is O=C(O)c1cnc(N2CCC(OCc3ccc(F)cc3)CC2)s1. The first-order chi connectivity index (χ1) is 11.1. The number of piperidine rings is 1. The summed E-state index contributed by atoms with van der Waals surface area (Å²) in [4.78, 5) is 17.4. The molecule has 23 heavy (non-hydrogen) atoms. The number of benzene rings is 1. The van der Waals surface area contributed by atoms with E-state index in [9.17, 15) is 9.18 Å². The van der Waals surface area contributed by atoms with Gasteiger partial charge >= 0.3 is 5.97 Å². The summed E-state index contributed by atoms with van der Waals surface area (Å²) in [6.45, 7) is 2.06. The third kappa shape index (κ3) is 4.05. The van der Waals surface area contributed by atoms with Crippen LogP contribution in [0.1, 0.15) is 28.1 Å². The normalized spacial score (nSPS) is 15.8. The van der Waals surface area contributed by atoms with Gasteiger partial charge in [0.05, 0.1) is 18.9 Å². The minimum absolute atomic E-state index is 0.162. The molecular weight excluding hydrogens is 319 g/mol. The number of carboxylic acids is 1. The van der Waals surface area contributed by atoms with E-state index in [1.807, 2.05) is 0 Å². The number of carbonyl (C=O) groups is 1. The van der Waals surface area contributed by atoms with E-state index in [-0.39, 0.29) is 16.8 Å². The molecule has 1 aliphatic rings. The van der Waals surface area contributed by atoms with E-state index >= 15 is 0 Å². The molecule has 0 aliphatic carbocycles. The van der Waals surface area contributed by atoms with E-state index in [1.165, 1.54) is 29.7 Å². The van der Waals surface area contributed by atoms with Gasteiger partial charge in [-0.2, -0.15) is 0 Å². The Morgan fingerprint density at radius 2 is 2.04 bits per heavy atom. The Morgan fingerprint density at radius 1 is 1.35 bits per heavy atom. The van der Waals surface area contributed by atoms with Crippen LogP contribution in [0.4, 0.5) is 9.52 Å². The van der Waals surface area contributed by atoms with Crippen LogP contribution in [0.25, 0.3) is 0 Å². The Bertz CT molecular complexity index is 666. The van der Waals surface area contributed by atoms with E-state index in [2.05, 4.69) is 9.88 Å². The Labute approximate surface area is 137 Å². The van der Waals surface area contributed by atoms with Crippen LogP contribution in [-0.2, 0) is 11.3 Å². The summed E-state index contributed by atoms with van der Waals surface area (Å²) in [7, 11) is 0. The molecule has 1 fully saturated rings. The van der Waals surface area contributed by atoms with Gasteiger partial charge in [-0.3, -0.25) is 0 Å². The highest BCUT2D eigenvalue weighted by Crippen LogP contribution is 2.26. The van der Waals surface area contributed by atoms with Crippen LogP contribution in [0.15, 0.2) is 30.5 Å². The molecule has 0 atom stereocenters. The average Bonchev–Trinajstić information content (AvgIpc) is 3.05. The zero-order valence-electron chi connectivity index (χ0n) is 12.4. The van der Waals surface area contributed by atoms with Gasteiger partial charge in [-0.1, -0.05) is 23.5 Å². The molecule has 2 aromatic rings. The van der Waals surface area contributed by atoms with Gasteiger partial charge in [-0.25, -0.2) is 14.2 Å². The first kappa shape index (κ1) is 15.9. The fourth-order valence-electron chi connectivity index (χ4n) is 2.52. The molecule has 122 valence electrons. The Kier molecular flexibility index (Phi) is 4.88. The van der Waals surface area contributed by atoms with Crippen molar-refractivity contribution in [1.29, 1.82) is 0 Å². The predicted octanol–water partition coefficient (Wildman–Crippen LogP) is 3.17. The van der Waals surface area contributed by atoms with Crippen molar-refractivity contribution in [1.82, 2.24) is 4.98 Å². The van der Waals surface area contributed by atoms with Crippen LogP contribution in [-0.4, -0.2) is 35.3 Å². The van der Waals surface area contributed by atoms with Crippen molar-refractivity contribution in [3.8, 4) is 0 Å². The quantitative estimate of drug-likeness (QED) is 0.909. The minimum atomic E-state index is -0.939. The summed E-state index contributed by atoms with van der Waals surface area (Å²) >= 11 is 1.20. The van der Waals surface area contributed by atoms with Gasteiger partial charge in [-0.05, 0) is 30.5 Å². The number of aromatic nitrogens is 1. The summed E-state index contributed by atoms with van der Waals surface area (Å²) in [5.41, 5.74) is 0.958. The predicted molar refractivity (Wildman–Crippen MR) is 85.5 cm³/mol. The number of ether oxygens (including phenoxy) is 1. The van der Waals surface area contributed by atoms with E-state index in [0.29, 0.717) is 6.61 Å². The van der Waals surface area contributed by atoms with Crippen molar-refractivity contribution >= 4 is 22.4 Å². The number of rotatable bonds is 5. The molecule has 0 unspecified atom stereocenters. The maximum atomic E-state index is 12.8. The van der Waals surface area contributed by atoms with E-state index < -0.39 is 5.97 Å². The smallest absolute Gasteiger partial charge is 0.347 e. The molecule has 5 nitrogen and oxygen atoms in total. The third-order valence-electron chi connectivity index (χ3n) is 3.82. The highest BCUT2D eigenvalue weighted by molar-refractivity contribution is 7.17. The lowest BCUT2D eigenvalue weighted by Crippen LogP contribution is -2.36. The van der Waals surface area contributed by atoms with Gasteiger partial charge in [0, 0.05) is 13.1 Å². The topological polar surface area (TPSA) is 62.7 Å². The summed E-state index contributed by atoms with van der Waals surface area (Å²) < 4.78 is 18.7. The second-order valence-electron chi connectivity index (χ2n) is 5.44. The van der Waals surface area contributed by atoms with Gasteiger partial charge in [0.15, 0.2) is 5.13 Å². The second kappa shape index (κ2) is 7.06. The van der Waals surface area contributed by atoms with Crippen molar-refractivity contribution in [3.63, 3.8) is 0 Å². The van der Waals surface area contributed by atoms with Crippen LogP contribution in [0.3, 0.4) is 0 Å². The number of thiazole rings is 1. The minimum Gasteiger partial charge on any atom is -0.477 e. The number of hydrogen-bond acceptors (Lipinski definition) is 5. The Balaban J connectivity index is 1.48. The highest BCUT2D eigenvalue weighted by atomic mass is 32.1. The molecule has 1 N–H and O–H groups in total. The number of nitrogens with zero attached hydrogens (tertiary/aromatic N) is 2. The fraction of sp³-hybridized carbons (Fsp3) is 0.375. The highest BCUT2D eigenvalue weighted by Gasteiger charge is 2.22. The molecule has 7 heteroatoms. The molecule has 2 heterocycles. The molecule has 0 amide bonds. The standard InChI is InChI=1S/C16H17FN2O3S/c17-12-3-1-11(2-4-12)10-22-13-5-7-19(8-6-13)16-18-9-14(23-16)15(20)21/h1-4,9,13H,5-8,10H2,(H,20,21).